The van der Waals surface area contributed by atoms with Crippen molar-refractivity contribution in [2.75, 3.05) is 24.1 Å². The number of nitrogen functional groups attached to an aromatic ring is 1. The Hall–Kier alpha value is -3.11. The zero-order valence-corrected chi connectivity index (χ0v) is 15.2. The van der Waals surface area contributed by atoms with Gasteiger partial charge in [-0.1, -0.05) is 6.07 Å². The summed E-state index contributed by atoms with van der Waals surface area (Å²) in [5.74, 6) is -2.20. The first-order valence-electron chi connectivity index (χ1n) is 8.37. The van der Waals surface area contributed by atoms with Crippen LogP contribution in [0.4, 0.5) is 20.2 Å². The van der Waals surface area contributed by atoms with Crippen molar-refractivity contribution in [2.45, 2.75) is 6.10 Å². The first kappa shape index (κ1) is 18.3. The molecule has 0 bridgehead atoms. The van der Waals surface area contributed by atoms with Crippen LogP contribution in [-0.2, 0) is 0 Å². The third-order valence-corrected chi connectivity index (χ3v) is 4.86. The van der Waals surface area contributed by atoms with Crippen LogP contribution in [0, 0.1) is 11.6 Å². The van der Waals surface area contributed by atoms with Gasteiger partial charge in [-0.3, -0.25) is 4.79 Å². The summed E-state index contributed by atoms with van der Waals surface area (Å²) in [5.41, 5.74) is 5.81. The Morgan fingerprint density at radius 3 is 2.68 bits per heavy atom. The normalized spacial score (nSPS) is 13.8. The minimum absolute atomic E-state index is 0.0201. The molecule has 0 unspecified atom stereocenters. The van der Waals surface area contributed by atoms with Crippen LogP contribution in [0.2, 0.25) is 0 Å². The maximum atomic E-state index is 14.0. The number of carbonyl (C=O) groups is 1. The van der Waals surface area contributed by atoms with Gasteiger partial charge in [0.25, 0.3) is 5.91 Å². The van der Waals surface area contributed by atoms with Crippen molar-refractivity contribution in [3.63, 3.8) is 0 Å². The minimum atomic E-state index is -0.782. The van der Waals surface area contributed by atoms with E-state index in [1.165, 1.54) is 24.4 Å². The number of nitrogens with one attached hydrogen (secondary N) is 2. The van der Waals surface area contributed by atoms with Crippen LogP contribution < -0.4 is 21.1 Å². The number of hydrogen-bond donors (Lipinski definition) is 3. The molecule has 0 aliphatic carbocycles. The van der Waals surface area contributed by atoms with E-state index < -0.39 is 17.5 Å². The van der Waals surface area contributed by atoms with Crippen molar-refractivity contribution in [1.82, 2.24) is 14.7 Å². The number of hydrogen-bond acceptors (Lipinski definition) is 7. The number of halogens is 2. The molecule has 1 aromatic carbocycles. The zero-order chi connectivity index (χ0) is 19.7. The van der Waals surface area contributed by atoms with Gasteiger partial charge in [-0.2, -0.15) is 4.37 Å². The van der Waals surface area contributed by atoms with E-state index >= 15 is 0 Å². The molecule has 1 fully saturated rings. The van der Waals surface area contributed by atoms with Gasteiger partial charge in [0.15, 0.2) is 5.69 Å². The fourth-order valence-electron chi connectivity index (χ4n) is 2.61. The second-order valence-corrected chi connectivity index (χ2v) is 6.87. The molecule has 7 nitrogen and oxygen atoms in total. The number of aromatic nitrogens is 2. The van der Waals surface area contributed by atoms with E-state index in [1.807, 2.05) is 0 Å². The molecule has 1 amide bonds. The number of ether oxygens (including phenoxy) is 1. The Morgan fingerprint density at radius 1 is 1.25 bits per heavy atom. The molecule has 0 atom stereocenters. The molecule has 4 rings (SSSR count). The van der Waals surface area contributed by atoms with Crippen molar-refractivity contribution >= 4 is 28.8 Å². The standard InChI is InChI=1S/C18H15F2N5O2S/c19-10-2-1-3-11(20)15(10)13-5-4-12(21)16(24-13)17(26)25-14-8-23-28-18(14)27-9-6-22-7-9/h1-5,8-9,22H,6-7,21H2,(H,25,26). The lowest BCUT2D eigenvalue weighted by molar-refractivity contribution is 0.102. The molecule has 1 aliphatic heterocycles. The molecule has 144 valence electrons. The second-order valence-electron chi connectivity index (χ2n) is 6.11. The molecular weight excluding hydrogens is 388 g/mol. The van der Waals surface area contributed by atoms with Crippen LogP contribution in [0.15, 0.2) is 36.5 Å². The molecule has 2 aromatic heterocycles. The van der Waals surface area contributed by atoms with Gasteiger partial charge in [-0.05, 0) is 24.3 Å². The van der Waals surface area contributed by atoms with E-state index in [9.17, 15) is 13.6 Å². The van der Waals surface area contributed by atoms with Gasteiger partial charge in [-0.25, -0.2) is 13.8 Å². The van der Waals surface area contributed by atoms with E-state index in [0.29, 0.717) is 10.8 Å². The summed E-state index contributed by atoms with van der Waals surface area (Å²) in [5, 5.41) is 6.19. The van der Waals surface area contributed by atoms with Crippen molar-refractivity contribution in [1.29, 1.82) is 0 Å². The van der Waals surface area contributed by atoms with Gasteiger partial charge < -0.3 is 21.1 Å². The van der Waals surface area contributed by atoms with Gasteiger partial charge in [0, 0.05) is 24.6 Å². The lowest BCUT2D eigenvalue weighted by atomic mass is 10.1. The second kappa shape index (κ2) is 7.49. The number of pyridine rings is 1. The molecule has 0 radical (unpaired) electrons. The highest BCUT2D eigenvalue weighted by Gasteiger charge is 2.23. The maximum Gasteiger partial charge on any atom is 0.276 e. The van der Waals surface area contributed by atoms with Gasteiger partial charge in [-0.15, -0.1) is 0 Å². The molecule has 3 heterocycles. The minimum Gasteiger partial charge on any atom is -0.475 e. The molecule has 1 saturated heterocycles. The number of nitrogens with two attached hydrogens (primary N) is 1. The van der Waals surface area contributed by atoms with Crippen molar-refractivity contribution < 1.29 is 18.3 Å². The van der Waals surface area contributed by atoms with Gasteiger partial charge in [0.05, 0.1) is 23.1 Å². The molecule has 4 N–H and O–H groups in total. The van der Waals surface area contributed by atoms with Crippen molar-refractivity contribution in [3.05, 3.63) is 53.9 Å². The summed E-state index contributed by atoms with van der Waals surface area (Å²) in [6.07, 6.45) is 1.48. The van der Waals surface area contributed by atoms with Crippen LogP contribution in [0.1, 0.15) is 10.5 Å². The van der Waals surface area contributed by atoms with Gasteiger partial charge in [0.2, 0.25) is 5.06 Å². The number of nitrogens with zero attached hydrogens (tertiary/aromatic N) is 2. The van der Waals surface area contributed by atoms with Crippen molar-refractivity contribution in [2.24, 2.45) is 0 Å². The van der Waals surface area contributed by atoms with E-state index in [2.05, 4.69) is 20.0 Å². The quantitative estimate of drug-likeness (QED) is 0.605. The topological polar surface area (TPSA) is 102 Å². The number of benzene rings is 1. The highest BCUT2D eigenvalue weighted by Crippen LogP contribution is 2.31. The lowest BCUT2D eigenvalue weighted by Gasteiger charge is -2.27. The Morgan fingerprint density at radius 2 is 2.00 bits per heavy atom. The third-order valence-electron chi connectivity index (χ3n) is 4.16. The molecule has 28 heavy (non-hydrogen) atoms. The summed E-state index contributed by atoms with van der Waals surface area (Å²) in [6, 6.07) is 6.23. The van der Waals surface area contributed by atoms with Crippen molar-refractivity contribution in [3.8, 4) is 16.3 Å². The summed E-state index contributed by atoms with van der Waals surface area (Å²) in [4.78, 5) is 16.8. The molecule has 3 aromatic rings. The molecular formula is C18H15F2N5O2S. The number of rotatable bonds is 5. The summed E-state index contributed by atoms with van der Waals surface area (Å²) >= 11 is 1.11. The molecule has 0 spiro atoms. The smallest absolute Gasteiger partial charge is 0.276 e. The SMILES string of the molecule is Nc1ccc(-c2c(F)cccc2F)nc1C(=O)Nc1cnsc1OC1CNC1. The molecule has 1 aliphatic rings. The molecule has 10 heteroatoms. The maximum absolute atomic E-state index is 14.0. The number of amides is 1. The Bertz CT molecular complexity index is 1020. The lowest BCUT2D eigenvalue weighted by Crippen LogP contribution is -2.50. The van der Waals surface area contributed by atoms with Crippen LogP contribution in [-0.4, -0.2) is 34.5 Å². The summed E-state index contributed by atoms with van der Waals surface area (Å²) in [6.45, 7) is 1.44. The Kier molecular flexibility index (Phi) is 4.88. The fourth-order valence-corrected chi connectivity index (χ4v) is 3.24. The van der Waals surface area contributed by atoms with Gasteiger partial charge >= 0.3 is 0 Å². The van der Waals surface area contributed by atoms with E-state index in [4.69, 9.17) is 10.5 Å². The largest absolute Gasteiger partial charge is 0.475 e. The summed E-state index contributed by atoms with van der Waals surface area (Å²) in [7, 11) is 0. The van der Waals surface area contributed by atoms with Crippen LogP contribution in [0.25, 0.3) is 11.3 Å². The average Bonchev–Trinajstić information content (AvgIpc) is 3.06. The third kappa shape index (κ3) is 3.51. The molecule has 0 saturated carbocycles. The Balaban J connectivity index is 1.61. The predicted molar refractivity (Wildman–Crippen MR) is 101 cm³/mol. The van der Waals surface area contributed by atoms with E-state index in [1.54, 1.807) is 0 Å². The summed E-state index contributed by atoms with van der Waals surface area (Å²) < 4.78 is 37.9. The van der Waals surface area contributed by atoms with Crippen LogP contribution in [0.3, 0.4) is 0 Å². The highest BCUT2D eigenvalue weighted by molar-refractivity contribution is 7.08. The van der Waals surface area contributed by atoms with Gasteiger partial charge in [0.1, 0.15) is 23.4 Å². The number of anilines is 2. The first-order chi connectivity index (χ1) is 13.5. The van der Waals surface area contributed by atoms with Crippen LogP contribution in [0.5, 0.6) is 5.06 Å². The predicted octanol–water partition coefficient (Wildman–Crippen LogP) is 2.67. The zero-order valence-electron chi connectivity index (χ0n) is 14.4. The first-order valence-corrected chi connectivity index (χ1v) is 9.14. The Labute approximate surface area is 162 Å². The highest BCUT2D eigenvalue weighted by atomic mass is 32.1. The van der Waals surface area contributed by atoms with E-state index in [0.717, 1.165) is 36.8 Å². The number of carbonyl (C=O) groups excluding carboxylic acids is 1. The van der Waals surface area contributed by atoms with Crippen LogP contribution >= 0.6 is 11.5 Å². The fraction of sp³-hybridized carbons (Fsp3) is 0.167. The average molecular weight is 403 g/mol. The van der Waals surface area contributed by atoms with E-state index in [-0.39, 0.29) is 28.7 Å². The monoisotopic (exact) mass is 403 g/mol.